The number of carbonyl (C=O) groups is 2. The van der Waals surface area contributed by atoms with Gasteiger partial charge in [-0.05, 0) is 84.9 Å². The lowest BCUT2D eigenvalue weighted by atomic mass is 9.93. The van der Waals surface area contributed by atoms with Gasteiger partial charge < -0.3 is 45.8 Å². The zero-order valence-corrected chi connectivity index (χ0v) is 30.5. The van der Waals surface area contributed by atoms with Crippen molar-refractivity contribution in [3.63, 3.8) is 0 Å². The number of carbonyl (C=O) groups excluding carboxylic acids is 2. The molecule has 5 rings (SSSR count). The molecule has 2 aliphatic carbocycles. The lowest BCUT2D eigenvalue weighted by molar-refractivity contribution is -0.143. The maximum absolute atomic E-state index is 13.2. The van der Waals surface area contributed by atoms with Crippen LogP contribution in [-0.2, 0) is 21.7 Å². The van der Waals surface area contributed by atoms with E-state index in [-0.39, 0.29) is 30.5 Å². The Kier molecular flexibility index (Phi) is 13.7. The molecule has 2 fully saturated rings. The molecule has 5 unspecified atom stereocenters. The number of hydrogen-bond donors (Lipinski definition) is 7. The van der Waals surface area contributed by atoms with Crippen molar-refractivity contribution in [2.45, 2.75) is 100 Å². The number of rotatable bonds is 20. The summed E-state index contributed by atoms with van der Waals surface area (Å²) in [5.74, 6) is 0.0971. The summed E-state index contributed by atoms with van der Waals surface area (Å²) in [4.78, 5) is 30.9. The average molecular weight is 739 g/mol. The molecule has 52 heavy (non-hydrogen) atoms. The second-order valence-electron chi connectivity index (χ2n) is 14.1. The molecule has 2 aromatic carbocycles. The third kappa shape index (κ3) is 10.1. The van der Waals surface area contributed by atoms with Crippen LogP contribution < -0.4 is 15.4 Å². The number of halogens is 1. The molecule has 1 aromatic heterocycles. The third-order valence-corrected chi connectivity index (χ3v) is 10.4. The first kappa shape index (κ1) is 39.6. The van der Waals surface area contributed by atoms with Crippen LogP contribution in [0.25, 0.3) is 11.1 Å². The first-order valence-corrected chi connectivity index (χ1v) is 18.4. The SMILES string of the molecule is CNC(=O)CN(CC(O)C(O)C(O)C(O)CO)C(=O)CCCC(C)c1ccc(Cl)c(CNC2(c3cnccc3-c3ccccc3OC3CC3)CC2)c1. The van der Waals surface area contributed by atoms with Crippen LogP contribution in [0.2, 0.25) is 5.02 Å². The van der Waals surface area contributed by atoms with Crippen LogP contribution in [0, 0.1) is 0 Å². The van der Waals surface area contributed by atoms with E-state index < -0.39 is 49.4 Å². The minimum atomic E-state index is -1.85. The van der Waals surface area contributed by atoms with Gasteiger partial charge in [-0.2, -0.15) is 0 Å². The molecule has 0 spiro atoms. The monoisotopic (exact) mass is 738 g/mol. The Balaban J connectivity index is 1.19. The lowest BCUT2D eigenvalue weighted by Gasteiger charge is -2.30. The fourth-order valence-electron chi connectivity index (χ4n) is 6.42. The first-order valence-electron chi connectivity index (χ1n) is 18.0. The molecule has 13 heteroatoms. The van der Waals surface area contributed by atoms with Crippen molar-refractivity contribution in [1.82, 2.24) is 20.5 Å². The highest BCUT2D eigenvalue weighted by molar-refractivity contribution is 6.31. The number of nitrogens with zero attached hydrogens (tertiary/aromatic N) is 2. The Morgan fingerprint density at radius 2 is 1.77 bits per heavy atom. The number of amides is 2. The van der Waals surface area contributed by atoms with Gasteiger partial charge in [0.25, 0.3) is 0 Å². The maximum Gasteiger partial charge on any atom is 0.239 e. The zero-order chi connectivity index (χ0) is 37.4. The highest BCUT2D eigenvalue weighted by atomic mass is 35.5. The number of pyridine rings is 1. The van der Waals surface area contributed by atoms with Gasteiger partial charge in [-0.3, -0.25) is 14.6 Å². The minimum Gasteiger partial charge on any atom is -0.490 e. The molecule has 1 heterocycles. The van der Waals surface area contributed by atoms with E-state index >= 15 is 0 Å². The van der Waals surface area contributed by atoms with E-state index in [1.165, 1.54) is 7.05 Å². The number of para-hydroxylation sites is 1. The number of nitrogens with one attached hydrogen (secondary N) is 2. The van der Waals surface area contributed by atoms with Crippen LogP contribution >= 0.6 is 11.6 Å². The molecule has 2 amide bonds. The molecule has 3 aromatic rings. The summed E-state index contributed by atoms with van der Waals surface area (Å²) < 4.78 is 6.26. The van der Waals surface area contributed by atoms with E-state index in [0.717, 1.165) is 64.1 Å². The minimum absolute atomic E-state index is 0.0821. The van der Waals surface area contributed by atoms with E-state index in [2.05, 4.69) is 40.7 Å². The Hall–Kier alpha value is -3.62. The molecule has 5 atom stereocenters. The second kappa shape index (κ2) is 17.9. The molecule has 0 bridgehead atoms. The fourth-order valence-corrected chi connectivity index (χ4v) is 6.61. The number of aliphatic hydroxyl groups is 5. The van der Waals surface area contributed by atoms with E-state index in [9.17, 15) is 30.0 Å². The van der Waals surface area contributed by atoms with Crippen LogP contribution in [0.1, 0.15) is 74.5 Å². The van der Waals surface area contributed by atoms with Crippen LogP contribution in [0.15, 0.2) is 60.9 Å². The number of ether oxygens (including phenoxy) is 1. The smallest absolute Gasteiger partial charge is 0.239 e. The van der Waals surface area contributed by atoms with Crippen molar-refractivity contribution in [2.24, 2.45) is 0 Å². The Labute approximate surface area is 309 Å². The van der Waals surface area contributed by atoms with Crippen molar-refractivity contribution in [2.75, 3.05) is 26.7 Å². The fraction of sp³-hybridized carbons (Fsp3) is 0.513. The van der Waals surface area contributed by atoms with Crippen molar-refractivity contribution in [3.8, 4) is 16.9 Å². The summed E-state index contributed by atoms with van der Waals surface area (Å²) in [6.45, 7) is 0.998. The maximum atomic E-state index is 13.2. The normalized spacial score (nSPS) is 17.8. The Morgan fingerprint density at radius 3 is 2.46 bits per heavy atom. The second-order valence-corrected chi connectivity index (χ2v) is 14.5. The van der Waals surface area contributed by atoms with E-state index in [1.54, 1.807) is 0 Å². The van der Waals surface area contributed by atoms with Crippen LogP contribution in [-0.4, -0.2) is 104 Å². The number of benzene rings is 2. The van der Waals surface area contributed by atoms with Gasteiger partial charge in [0, 0.05) is 55.1 Å². The zero-order valence-electron chi connectivity index (χ0n) is 29.7. The van der Waals surface area contributed by atoms with Crippen molar-refractivity contribution in [1.29, 1.82) is 0 Å². The standard InChI is InChI=1S/C39H51ClN4O8/c1-24(6-5-9-36(49)44(22-35(48)41-2)21-32(46)37(50)38(51)33(47)23-45)25-10-13-31(40)26(18-25)19-43-39(15-16-39)30-20-42-17-14-28(30)29-7-3-4-8-34(29)52-27-11-12-27/h3-4,7-8,10,13-14,17-18,20,24,27,32-33,37-38,43,45-47,50-51H,5-6,9,11-12,15-16,19,21-23H2,1-2H3,(H,41,48). The van der Waals surface area contributed by atoms with Gasteiger partial charge in [-0.1, -0.05) is 48.9 Å². The van der Waals surface area contributed by atoms with Crippen LogP contribution in [0.3, 0.4) is 0 Å². The van der Waals surface area contributed by atoms with Gasteiger partial charge in [-0.15, -0.1) is 0 Å². The van der Waals surface area contributed by atoms with Gasteiger partial charge in [-0.25, -0.2) is 0 Å². The molecule has 12 nitrogen and oxygen atoms in total. The van der Waals surface area contributed by atoms with Crippen molar-refractivity contribution < 1.29 is 39.9 Å². The molecular formula is C39H51ClN4O8. The highest BCUT2D eigenvalue weighted by Gasteiger charge is 2.46. The van der Waals surface area contributed by atoms with Gasteiger partial charge in [0.1, 0.15) is 30.2 Å². The average Bonchev–Trinajstić information content (AvgIpc) is 4.11. The largest absolute Gasteiger partial charge is 0.490 e. The molecule has 0 radical (unpaired) electrons. The van der Waals surface area contributed by atoms with Crippen LogP contribution in [0.5, 0.6) is 5.75 Å². The lowest BCUT2D eigenvalue weighted by Crippen LogP contribution is -2.52. The molecule has 282 valence electrons. The van der Waals surface area contributed by atoms with E-state index in [1.807, 2.05) is 42.7 Å². The van der Waals surface area contributed by atoms with Crippen molar-refractivity contribution >= 4 is 23.4 Å². The Morgan fingerprint density at radius 1 is 1.04 bits per heavy atom. The molecule has 2 saturated carbocycles. The number of hydrogen-bond acceptors (Lipinski definition) is 10. The number of likely N-dealkylation sites (N-methyl/N-ethyl adjacent to an activating group) is 1. The highest BCUT2D eigenvalue weighted by Crippen LogP contribution is 2.50. The number of aliphatic hydroxyl groups excluding tert-OH is 5. The van der Waals surface area contributed by atoms with E-state index in [4.69, 9.17) is 21.4 Å². The summed E-state index contributed by atoms with van der Waals surface area (Å²) in [6, 6.07) is 16.2. The predicted molar refractivity (Wildman–Crippen MR) is 197 cm³/mol. The molecule has 0 saturated heterocycles. The van der Waals surface area contributed by atoms with Gasteiger partial charge in [0.15, 0.2) is 0 Å². The quantitative estimate of drug-likeness (QED) is 0.0910. The number of aromatic nitrogens is 1. The Bertz CT molecular complexity index is 1670. The van der Waals surface area contributed by atoms with Gasteiger partial charge >= 0.3 is 0 Å². The first-order chi connectivity index (χ1) is 25.0. The predicted octanol–water partition coefficient (Wildman–Crippen LogP) is 3.01. The molecular weight excluding hydrogens is 688 g/mol. The van der Waals surface area contributed by atoms with Gasteiger partial charge in [0.2, 0.25) is 11.8 Å². The van der Waals surface area contributed by atoms with Gasteiger partial charge in [0.05, 0.1) is 19.3 Å². The summed E-state index contributed by atoms with van der Waals surface area (Å²) in [7, 11) is 1.42. The summed E-state index contributed by atoms with van der Waals surface area (Å²) >= 11 is 6.71. The molecule has 0 aliphatic heterocycles. The summed E-state index contributed by atoms with van der Waals surface area (Å²) in [5.41, 5.74) is 5.12. The van der Waals surface area contributed by atoms with E-state index in [0.29, 0.717) is 24.4 Å². The van der Waals surface area contributed by atoms with Crippen LogP contribution in [0.4, 0.5) is 0 Å². The molecule has 7 N–H and O–H groups in total. The topological polar surface area (TPSA) is 185 Å². The van der Waals surface area contributed by atoms with Crippen molar-refractivity contribution in [3.05, 3.63) is 82.6 Å². The molecule has 2 aliphatic rings. The third-order valence-electron chi connectivity index (χ3n) is 10.1. The summed E-state index contributed by atoms with van der Waals surface area (Å²) in [5, 5.41) is 56.3. The summed E-state index contributed by atoms with van der Waals surface area (Å²) in [6.07, 6.45) is 2.37.